The van der Waals surface area contributed by atoms with E-state index in [-0.39, 0.29) is 17.5 Å². The minimum absolute atomic E-state index is 0.121. The second kappa shape index (κ2) is 11.3. The number of carboxylic acid groups (broad SMARTS) is 1. The van der Waals surface area contributed by atoms with Crippen LogP contribution in [-0.2, 0) is 19.4 Å². The third-order valence-corrected chi connectivity index (χ3v) is 9.62. The van der Waals surface area contributed by atoms with Gasteiger partial charge < -0.3 is 21.1 Å². The van der Waals surface area contributed by atoms with E-state index < -0.39 is 49.3 Å². The van der Waals surface area contributed by atoms with Crippen LogP contribution < -0.4 is 21.3 Å². The normalized spacial score (nSPS) is 20.6. The Balaban J connectivity index is 1.61. The number of hydrogen-bond donors (Lipinski definition) is 5. The number of benzene rings is 2. The molecule has 4 atom stereocenters. The molecule has 4 unspecified atom stereocenters. The number of rotatable bonds is 9. The van der Waals surface area contributed by atoms with E-state index in [0.29, 0.717) is 0 Å². The Hall–Kier alpha value is -3.09. The predicted octanol–water partition coefficient (Wildman–Crippen LogP) is 1.86. The van der Waals surface area contributed by atoms with Crippen molar-refractivity contribution in [1.29, 1.82) is 0 Å². The second-order valence-corrected chi connectivity index (χ2v) is 13.0. The Morgan fingerprint density at radius 1 is 1.03 bits per heavy atom. The third kappa shape index (κ3) is 6.56. The van der Waals surface area contributed by atoms with Crippen molar-refractivity contribution in [2.45, 2.75) is 53.2 Å². The maximum Gasteiger partial charge on any atom is 0.328 e. The van der Waals surface area contributed by atoms with Gasteiger partial charge in [-0.1, -0.05) is 48.5 Å². The van der Waals surface area contributed by atoms with Gasteiger partial charge in [-0.05, 0) is 38.5 Å². The molecule has 0 radical (unpaired) electrons. The fraction of sp³-hybridized carbons (Fsp3) is 0.375. The van der Waals surface area contributed by atoms with Crippen LogP contribution >= 0.6 is 11.8 Å². The van der Waals surface area contributed by atoms with Crippen LogP contribution in [0.25, 0.3) is 0 Å². The lowest BCUT2D eigenvalue weighted by molar-refractivity contribution is -0.142. The molecule has 0 aliphatic carbocycles. The molecule has 1 heterocycles. The van der Waals surface area contributed by atoms with Gasteiger partial charge in [-0.3, -0.25) is 10.1 Å². The van der Waals surface area contributed by atoms with Gasteiger partial charge in [0.25, 0.3) is 0 Å². The molecule has 3 rings (SSSR count). The van der Waals surface area contributed by atoms with Gasteiger partial charge in [0.2, 0.25) is 15.7 Å². The van der Waals surface area contributed by atoms with Crippen LogP contribution in [0.15, 0.2) is 65.6 Å². The molecule has 1 aliphatic heterocycles. The van der Waals surface area contributed by atoms with Gasteiger partial charge in [-0.25, -0.2) is 18.0 Å². The molecule has 3 amide bonds. The van der Waals surface area contributed by atoms with Crippen molar-refractivity contribution in [2.24, 2.45) is 0 Å². The quantitative estimate of drug-likeness (QED) is 0.327. The molecule has 0 saturated carbocycles. The van der Waals surface area contributed by atoms with Crippen molar-refractivity contribution in [3.05, 3.63) is 66.2 Å². The Bertz CT molecular complexity index is 1190. The highest BCUT2D eigenvalue weighted by Crippen LogP contribution is 2.41. The Morgan fingerprint density at radius 3 is 2.19 bits per heavy atom. The predicted molar refractivity (Wildman–Crippen MR) is 137 cm³/mol. The number of carbonyl (C=O) groups excluding carboxylic acids is 2. The molecule has 0 spiro atoms. The summed E-state index contributed by atoms with van der Waals surface area (Å²) in [6.45, 7) is 4.85. The summed E-state index contributed by atoms with van der Waals surface area (Å²) in [7, 11) is -3.79. The molecule has 1 fully saturated rings. The lowest BCUT2D eigenvalue weighted by Crippen LogP contribution is -2.57. The van der Waals surface area contributed by atoms with E-state index in [1.165, 1.54) is 12.1 Å². The van der Waals surface area contributed by atoms with Crippen molar-refractivity contribution in [3.63, 3.8) is 0 Å². The first-order valence-electron chi connectivity index (χ1n) is 11.3. The fourth-order valence-electron chi connectivity index (χ4n) is 3.72. The number of carbonyl (C=O) groups is 3. The largest absolute Gasteiger partial charge is 0.480 e. The van der Waals surface area contributed by atoms with Crippen LogP contribution in [0.3, 0.4) is 0 Å². The number of nitrogens with one attached hydrogen (secondary N) is 4. The van der Waals surface area contributed by atoms with Crippen LogP contribution in [0, 0.1) is 0 Å². The number of hydrogen-bond acceptors (Lipinski definition) is 7. The molecule has 1 saturated heterocycles. The van der Waals surface area contributed by atoms with Gasteiger partial charge in [-0.15, -0.1) is 11.8 Å². The number of aliphatic carboxylic acids is 1. The molecule has 5 N–H and O–H groups in total. The Kier molecular flexibility index (Phi) is 8.64. The van der Waals surface area contributed by atoms with Crippen molar-refractivity contribution >= 4 is 39.5 Å². The molecule has 194 valence electrons. The minimum Gasteiger partial charge on any atom is -0.480 e. The standard InChI is InChI=1S/C24H30N4O6S2/c1-15(16-10-6-4-7-11-16)26-22(32)25-14-18(21(30)31)27-20(29)19-24(2,3)35-23(28-19)36(33,34)17-12-8-5-9-13-17/h4-13,15,18-19,23,28H,14H2,1-3H3,(H,27,29)(H,30,31)(H2,25,26,32). The molecule has 0 aromatic heterocycles. The molecule has 2 aromatic rings. The van der Waals surface area contributed by atoms with E-state index in [1.54, 1.807) is 39.0 Å². The van der Waals surface area contributed by atoms with E-state index >= 15 is 0 Å². The molecule has 1 aliphatic rings. The van der Waals surface area contributed by atoms with Gasteiger partial charge >= 0.3 is 12.0 Å². The van der Waals surface area contributed by atoms with Gasteiger partial charge in [0.05, 0.1) is 17.5 Å². The van der Waals surface area contributed by atoms with Gasteiger partial charge in [0.1, 0.15) is 12.1 Å². The smallest absolute Gasteiger partial charge is 0.328 e. The molecule has 10 nitrogen and oxygen atoms in total. The van der Waals surface area contributed by atoms with Crippen LogP contribution in [0.4, 0.5) is 4.79 Å². The zero-order chi connectivity index (χ0) is 26.5. The minimum atomic E-state index is -3.79. The zero-order valence-electron chi connectivity index (χ0n) is 20.1. The van der Waals surface area contributed by atoms with Crippen LogP contribution in [0.2, 0.25) is 0 Å². The highest BCUT2D eigenvalue weighted by Gasteiger charge is 2.50. The zero-order valence-corrected chi connectivity index (χ0v) is 21.7. The highest BCUT2D eigenvalue weighted by atomic mass is 32.3. The van der Waals surface area contributed by atoms with E-state index in [2.05, 4.69) is 21.3 Å². The van der Waals surface area contributed by atoms with Gasteiger partial charge in [-0.2, -0.15) is 0 Å². The lowest BCUT2D eigenvalue weighted by Gasteiger charge is -2.26. The van der Waals surface area contributed by atoms with Crippen LogP contribution in [0.1, 0.15) is 32.4 Å². The number of sulfone groups is 1. The van der Waals surface area contributed by atoms with E-state index in [9.17, 15) is 27.9 Å². The van der Waals surface area contributed by atoms with Crippen molar-refractivity contribution in [2.75, 3.05) is 6.54 Å². The molecular formula is C24H30N4O6S2. The van der Waals surface area contributed by atoms with Crippen molar-refractivity contribution in [3.8, 4) is 0 Å². The van der Waals surface area contributed by atoms with Crippen LogP contribution in [0.5, 0.6) is 0 Å². The molecular weight excluding hydrogens is 504 g/mol. The monoisotopic (exact) mass is 534 g/mol. The summed E-state index contributed by atoms with van der Waals surface area (Å²) in [6.07, 6.45) is 0. The first-order chi connectivity index (χ1) is 16.9. The van der Waals surface area contributed by atoms with Crippen molar-refractivity contribution < 1.29 is 27.9 Å². The molecule has 36 heavy (non-hydrogen) atoms. The molecule has 12 heteroatoms. The summed E-state index contributed by atoms with van der Waals surface area (Å²) in [5.74, 6) is -2.01. The lowest BCUT2D eigenvalue weighted by atomic mass is 10.0. The maximum absolute atomic E-state index is 13.0. The van der Waals surface area contributed by atoms with Crippen LogP contribution in [-0.4, -0.2) is 59.5 Å². The van der Waals surface area contributed by atoms with E-state index in [4.69, 9.17) is 0 Å². The topological polar surface area (TPSA) is 154 Å². The van der Waals surface area contributed by atoms with E-state index in [0.717, 1.165) is 17.3 Å². The maximum atomic E-state index is 13.0. The summed E-state index contributed by atoms with van der Waals surface area (Å²) in [6, 6.07) is 13.8. The SMILES string of the molecule is CC(NC(=O)NCC(NC(=O)C1NC(S(=O)(=O)c2ccccc2)SC1(C)C)C(=O)O)c1ccccc1. The number of amides is 3. The Morgan fingerprint density at radius 2 is 1.61 bits per heavy atom. The summed E-state index contributed by atoms with van der Waals surface area (Å²) in [4.78, 5) is 37.2. The fourth-order valence-corrected chi connectivity index (χ4v) is 7.47. The van der Waals surface area contributed by atoms with Gasteiger partial charge in [0.15, 0.2) is 4.71 Å². The molecule has 0 bridgehead atoms. The number of carboxylic acids is 1. The summed E-state index contributed by atoms with van der Waals surface area (Å²) < 4.78 is 24.1. The Labute approximate surface area is 214 Å². The highest BCUT2D eigenvalue weighted by molar-refractivity contribution is 8.14. The summed E-state index contributed by atoms with van der Waals surface area (Å²) >= 11 is 1.08. The first-order valence-corrected chi connectivity index (χ1v) is 13.7. The number of thioether (sulfide) groups is 1. The first kappa shape index (κ1) is 27.5. The number of urea groups is 1. The third-order valence-electron chi connectivity index (χ3n) is 5.75. The average Bonchev–Trinajstić information content (AvgIpc) is 3.18. The van der Waals surface area contributed by atoms with Crippen molar-refractivity contribution in [1.82, 2.24) is 21.3 Å². The average molecular weight is 535 g/mol. The van der Waals surface area contributed by atoms with E-state index in [1.807, 2.05) is 30.3 Å². The van der Waals surface area contributed by atoms with Gasteiger partial charge in [0, 0.05) is 4.75 Å². The summed E-state index contributed by atoms with van der Waals surface area (Å²) in [5.41, 5.74) is 0.878. The molecule has 2 aromatic carbocycles. The summed E-state index contributed by atoms with van der Waals surface area (Å²) in [5, 5.41) is 20.0. The second-order valence-electron chi connectivity index (χ2n) is 8.90.